The monoisotopic (exact) mass is 356 g/mol. The van der Waals surface area contributed by atoms with Crippen molar-refractivity contribution in [2.24, 2.45) is 0 Å². The van der Waals surface area contributed by atoms with Crippen LogP contribution in [0.3, 0.4) is 0 Å². The van der Waals surface area contributed by atoms with Crippen LogP contribution in [-0.4, -0.2) is 34.4 Å². The zero-order valence-corrected chi connectivity index (χ0v) is 15.1. The summed E-state index contributed by atoms with van der Waals surface area (Å²) in [4.78, 5) is 8.64. The molecule has 0 amide bonds. The molecule has 6 nitrogen and oxygen atoms in total. The van der Waals surface area contributed by atoms with Gasteiger partial charge in [0.2, 0.25) is 0 Å². The van der Waals surface area contributed by atoms with Gasteiger partial charge in [0.05, 0.1) is 5.69 Å². The first-order chi connectivity index (χ1) is 11.9. The lowest BCUT2D eigenvalue weighted by Gasteiger charge is -2.05. The fraction of sp³-hybridized carbons (Fsp3) is 0.278. The Balaban J connectivity index is 1.91. The van der Waals surface area contributed by atoms with Crippen LogP contribution in [0.25, 0.3) is 5.69 Å². The van der Waals surface area contributed by atoms with E-state index in [4.69, 9.17) is 0 Å². The third kappa shape index (κ3) is 4.73. The van der Waals surface area contributed by atoms with E-state index in [1.807, 2.05) is 31.2 Å². The van der Waals surface area contributed by atoms with Gasteiger partial charge in [0, 0.05) is 24.6 Å². The molecule has 7 heteroatoms. The molecule has 0 spiro atoms. The molecule has 2 aromatic heterocycles. The topological polar surface area (TPSA) is 77.7 Å². The number of aryl methyl sites for hydroxylation is 3. The maximum absolute atomic E-state index is 11.7. The van der Waals surface area contributed by atoms with Crippen molar-refractivity contribution in [2.75, 3.05) is 6.26 Å². The zero-order chi connectivity index (χ0) is 17.9. The first-order valence-electron chi connectivity index (χ1n) is 8.00. The molecule has 0 N–H and O–H groups in total. The maximum Gasteiger partial charge on any atom is 0.154 e. The van der Waals surface area contributed by atoms with Crippen molar-refractivity contribution < 1.29 is 8.42 Å². The number of hydrogen-bond donors (Lipinski definition) is 0. The van der Waals surface area contributed by atoms with Crippen molar-refractivity contribution in [3.8, 4) is 5.69 Å². The molecule has 0 aliphatic rings. The van der Waals surface area contributed by atoms with Gasteiger partial charge in [-0.1, -0.05) is 30.3 Å². The third-order valence-electron chi connectivity index (χ3n) is 3.71. The number of hydrogen-bond acceptors (Lipinski definition) is 5. The van der Waals surface area contributed by atoms with E-state index >= 15 is 0 Å². The van der Waals surface area contributed by atoms with Crippen LogP contribution < -0.4 is 0 Å². The lowest BCUT2D eigenvalue weighted by molar-refractivity contribution is 0.598. The van der Waals surface area contributed by atoms with Crippen molar-refractivity contribution in [2.45, 2.75) is 25.5 Å². The first-order valence-corrected chi connectivity index (χ1v) is 10.1. The molecule has 0 unspecified atom stereocenters. The highest BCUT2D eigenvalue weighted by atomic mass is 32.2. The highest BCUT2D eigenvalue weighted by Crippen LogP contribution is 2.14. The van der Waals surface area contributed by atoms with Gasteiger partial charge in [-0.3, -0.25) is 4.98 Å². The third-order valence-corrected chi connectivity index (χ3v) is 4.50. The standard InChI is InChI=1S/C18H20N4O2S/c1-14-12-16(10-11-19-14)22-18(13-25(2,23)24)20-17(21-22)9-8-15-6-4-3-5-7-15/h3-7,10-12H,8-9,13H2,1-2H3. The summed E-state index contributed by atoms with van der Waals surface area (Å²) in [5, 5.41) is 4.53. The summed E-state index contributed by atoms with van der Waals surface area (Å²) < 4.78 is 25.1. The van der Waals surface area contributed by atoms with E-state index in [9.17, 15) is 8.42 Å². The zero-order valence-electron chi connectivity index (χ0n) is 14.3. The van der Waals surface area contributed by atoms with Crippen LogP contribution in [0.5, 0.6) is 0 Å². The Hall–Kier alpha value is -2.54. The van der Waals surface area contributed by atoms with E-state index in [0.29, 0.717) is 18.1 Å². The summed E-state index contributed by atoms with van der Waals surface area (Å²) in [5.41, 5.74) is 2.80. The lowest BCUT2D eigenvalue weighted by Crippen LogP contribution is -2.09. The quantitative estimate of drug-likeness (QED) is 0.677. The number of nitrogens with zero attached hydrogens (tertiary/aromatic N) is 4. The van der Waals surface area contributed by atoms with Crippen LogP contribution in [0.2, 0.25) is 0 Å². The molecule has 0 atom stereocenters. The molecule has 0 fully saturated rings. The average molecular weight is 356 g/mol. The number of sulfone groups is 1. The average Bonchev–Trinajstić information content (AvgIpc) is 2.95. The summed E-state index contributed by atoms with van der Waals surface area (Å²) in [6.07, 6.45) is 4.34. The van der Waals surface area contributed by atoms with Crippen molar-refractivity contribution in [1.29, 1.82) is 0 Å². The predicted octanol–water partition coefficient (Wildman–Crippen LogP) is 2.30. The molecule has 25 heavy (non-hydrogen) atoms. The fourth-order valence-corrected chi connectivity index (χ4v) is 3.25. The SMILES string of the molecule is Cc1cc(-n2nc(CCc3ccccc3)nc2CS(C)(=O)=O)ccn1. The van der Waals surface area contributed by atoms with Crippen molar-refractivity contribution in [3.05, 3.63) is 71.6 Å². The number of rotatable bonds is 6. The second kappa shape index (κ2) is 7.14. The van der Waals surface area contributed by atoms with Gasteiger partial charge in [-0.2, -0.15) is 5.10 Å². The molecule has 0 aliphatic carbocycles. The van der Waals surface area contributed by atoms with Gasteiger partial charge in [0.15, 0.2) is 15.7 Å². The smallest absolute Gasteiger partial charge is 0.154 e. The minimum absolute atomic E-state index is 0.146. The number of pyridine rings is 1. The van der Waals surface area contributed by atoms with Crippen molar-refractivity contribution in [1.82, 2.24) is 19.7 Å². The Labute approximate surface area is 147 Å². The maximum atomic E-state index is 11.7. The Bertz CT molecular complexity index is 966. The van der Waals surface area contributed by atoms with Gasteiger partial charge >= 0.3 is 0 Å². The van der Waals surface area contributed by atoms with Crippen LogP contribution in [0.4, 0.5) is 0 Å². The van der Waals surface area contributed by atoms with Gasteiger partial charge in [0.1, 0.15) is 11.6 Å². The van der Waals surface area contributed by atoms with Crippen LogP contribution in [0.15, 0.2) is 48.7 Å². The van der Waals surface area contributed by atoms with Gasteiger partial charge < -0.3 is 0 Å². The summed E-state index contributed by atoms with van der Waals surface area (Å²) in [6, 6.07) is 13.7. The van der Waals surface area contributed by atoms with Crippen molar-refractivity contribution in [3.63, 3.8) is 0 Å². The van der Waals surface area contributed by atoms with Crippen LogP contribution in [0.1, 0.15) is 22.9 Å². The molecule has 130 valence electrons. The normalized spacial score (nSPS) is 11.6. The molecular formula is C18H20N4O2S. The molecule has 2 heterocycles. The molecule has 1 aromatic carbocycles. The van der Waals surface area contributed by atoms with Crippen LogP contribution in [0, 0.1) is 6.92 Å². The van der Waals surface area contributed by atoms with E-state index in [-0.39, 0.29) is 5.75 Å². The van der Waals surface area contributed by atoms with Gasteiger partial charge in [0.25, 0.3) is 0 Å². The molecular weight excluding hydrogens is 336 g/mol. The van der Waals surface area contributed by atoms with E-state index in [0.717, 1.165) is 17.8 Å². The van der Waals surface area contributed by atoms with Crippen LogP contribution in [-0.2, 0) is 28.4 Å². The highest BCUT2D eigenvalue weighted by molar-refractivity contribution is 7.89. The van der Waals surface area contributed by atoms with Gasteiger partial charge in [-0.05, 0) is 31.0 Å². The first kappa shape index (κ1) is 17.3. The molecule has 0 radical (unpaired) electrons. The number of benzene rings is 1. The van der Waals surface area contributed by atoms with Crippen molar-refractivity contribution >= 4 is 9.84 Å². The second-order valence-electron chi connectivity index (χ2n) is 6.07. The predicted molar refractivity (Wildman–Crippen MR) is 96.3 cm³/mol. The van der Waals surface area contributed by atoms with Gasteiger partial charge in [-0.15, -0.1) is 0 Å². The summed E-state index contributed by atoms with van der Waals surface area (Å²) >= 11 is 0. The van der Waals surface area contributed by atoms with Crippen LogP contribution >= 0.6 is 0 Å². The van der Waals surface area contributed by atoms with E-state index in [2.05, 4.69) is 27.2 Å². The minimum atomic E-state index is -3.21. The number of aromatic nitrogens is 4. The molecule has 0 aliphatic heterocycles. The molecule has 0 bridgehead atoms. The molecule has 3 rings (SSSR count). The Morgan fingerprint density at radius 2 is 1.84 bits per heavy atom. The minimum Gasteiger partial charge on any atom is -0.261 e. The second-order valence-corrected chi connectivity index (χ2v) is 8.21. The van der Waals surface area contributed by atoms with E-state index < -0.39 is 9.84 Å². The summed E-state index contributed by atoms with van der Waals surface area (Å²) in [7, 11) is -3.21. The largest absolute Gasteiger partial charge is 0.261 e. The van der Waals surface area contributed by atoms with Gasteiger partial charge in [-0.25, -0.2) is 18.1 Å². The van der Waals surface area contributed by atoms with E-state index in [1.165, 1.54) is 11.8 Å². The molecule has 3 aromatic rings. The summed E-state index contributed by atoms with van der Waals surface area (Å²) in [5.74, 6) is 0.917. The molecule has 0 saturated heterocycles. The Morgan fingerprint density at radius 1 is 1.08 bits per heavy atom. The summed E-state index contributed by atoms with van der Waals surface area (Å²) in [6.45, 7) is 1.88. The lowest BCUT2D eigenvalue weighted by atomic mass is 10.1. The highest BCUT2D eigenvalue weighted by Gasteiger charge is 2.16. The Kier molecular flexibility index (Phi) is 4.94. The fourth-order valence-electron chi connectivity index (χ4n) is 2.60. The molecule has 0 saturated carbocycles. The van der Waals surface area contributed by atoms with E-state index in [1.54, 1.807) is 16.9 Å². The Morgan fingerprint density at radius 3 is 2.52 bits per heavy atom.